The average molecular weight is 131 g/mol. The average Bonchev–Trinajstić information content (AvgIpc) is 1.82. The first-order chi connectivity index (χ1) is 4.22. The van der Waals surface area contributed by atoms with Gasteiger partial charge in [0.2, 0.25) is 0 Å². The quantitative estimate of drug-likeness (QED) is 0.362. The lowest BCUT2D eigenvalue weighted by molar-refractivity contribution is 0.374. The normalized spacial score (nSPS) is 14.3. The van der Waals surface area contributed by atoms with Crippen molar-refractivity contribution >= 4 is 0 Å². The summed E-state index contributed by atoms with van der Waals surface area (Å²) in [6.45, 7) is 5.82. The summed E-state index contributed by atoms with van der Waals surface area (Å²) in [6, 6.07) is 0. The zero-order valence-electron chi connectivity index (χ0n) is 6.22. The summed E-state index contributed by atoms with van der Waals surface area (Å²) < 4.78 is 0. The van der Waals surface area contributed by atoms with Gasteiger partial charge < -0.3 is 5.73 Å². The third kappa shape index (κ3) is 3.46. The van der Waals surface area contributed by atoms with Crippen LogP contribution in [0.4, 0.5) is 0 Å². The molecule has 0 spiro atoms. The maximum Gasteiger partial charge on any atom is 0.0140 e. The SMILES string of the molecule is CC(C)C(CN)CNN. The van der Waals surface area contributed by atoms with Gasteiger partial charge in [0.1, 0.15) is 0 Å². The lowest BCUT2D eigenvalue weighted by Gasteiger charge is -2.17. The van der Waals surface area contributed by atoms with E-state index in [1.807, 2.05) is 0 Å². The number of hydrazine groups is 1. The number of nitrogens with one attached hydrogen (secondary N) is 1. The summed E-state index contributed by atoms with van der Waals surface area (Å²) in [5.41, 5.74) is 8.08. The summed E-state index contributed by atoms with van der Waals surface area (Å²) in [5, 5.41) is 0. The molecule has 0 aromatic carbocycles. The zero-order chi connectivity index (χ0) is 7.28. The highest BCUT2D eigenvalue weighted by Crippen LogP contribution is 2.06. The molecule has 5 N–H and O–H groups in total. The van der Waals surface area contributed by atoms with E-state index >= 15 is 0 Å². The molecule has 56 valence electrons. The Labute approximate surface area is 56.8 Å². The molecule has 1 unspecified atom stereocenters. The van der Waals surface area contributed by atoms with Crippen molar-refractivity contribution in [2.45, 2.75) is 13.8 Å². The molecule has 3 nitrogen and oxygen atoms in total. The Kier molecular flexibility index (Phi) is 4.67. The molecular formula is C6H17N3. The van der Waals surface area contributed by atoms with Crippen LogP contribution in [-0.4, -0.2) is 13.1 Å². The Hall–Kier alpha value is -0.120. The van der Waals surface area contributed by atoms with Crippen molar-refractivity contribution < 1.29 is 0 Å². The number of nitrogens with two attached hydrogens (primary N) is 2. The predicted molar refractivity (Wildman–Crippen MR) is 39.6 cm³/mol. The summed E-state index contributed by atoms with van der Waals surface area (Å²) in [6.07, 6.45) is 0. The first-order valence-corrected chi connectivity index (χ1v) is 3.36. The third-order valence-corrected chi connectivity index (χ3v) is 1.63. The fraction of sp³-hybridized carbons (Fsp3) is 1.00. The van der Waals surface area contributed by atoms with Crippen molar-refractivity contribution in [2.24, 2.45) is 23.4 Å². The van der Waals surface area contributed by atoms with E-state index < -0.39 is 0 Å². The highest BCUT2D eigenvalue weighted by molar-refractivity contribution is 4.64. The smallest absolute Gasteiger partial charge is 0.0140 e. The molecule has 0 aliphatic carbocycles. The van der Waals surface area contributed by atoms with Crippen LogP contribution >= 0.6 is 0 Å². The summed E-state index contributed by atoms with van der Waals surface area (Å²) >= 11 is 0. The van der Waals surface area contributed by atoms with E-state index in [1.165, 1.54) is 0 Å². The monoisotopic (exact) mass is 131 g/mol. The minimum atomic E-state index is 0.509. The molecule has 0 heterocycles. The molecule has 0 aromatic heterocycles. The van der Waals surface area contributed by atoms with Gasteiger partial charge in [-0.15, -0.1) is 0 Å². The Bertz CT molecular complexity index is 63.3. The molecule has 0 radical (unpaired) electrons. The van der Waals surface area contributed by atoms with Gasteiger partial charge in [0.25, 0.3) is 0 Å². The first kappa shape index (κ1) is 8.88. The minimum absolute atomic E-state index is 0.509. The Balaban J connectivity index is 3.41. The van der Waals surface area contributed by atoms with Gasteiger partial charge in [-0.2, -0.15) is 0 Å². The summed E-state index contributed by atoms with van der Waals surface area (Å²) in [7, 11) is 0. The van der Waals surface area contributed by atoms with Gasteiger partial charge in [-0.1, -0.05) is 13.8 Å². The fourth-order valence-electron chi connectivity index (χ4n) is 0.743. The zero-order valence-corrected chi connectivity index (χ0v) is 6.22. The summed E-state index contributed by atoms with van der Waals surface area (Å²) in [4.78, 5) is 0. The van der Waals surface area contributed by atoms with Gasteiger partial charge in [-0.3, -0.25) is 11.3 Å². The van der Waals surface area contributed by atoms with Crippen molar-refractivity contribution in [2.75, 3.05) is 13.1 Å². The second kappa shape index (κ2) is 4.73. The van der Waals surface area contributed by atoms with E-state index in [9.17, 15) is 0 Å². The van der Waals surface area contributed by atoms with Crippen LogP contribution in [-0.2, 0) is 0 Å². The number of hydrogen-bond donors (Lipinski definition) is 3. The van der Waals surface area contributed by atoms with Crippen molar-refractivity contribution in [1.82, 2.24) is 5.43 Å². The Morgan fingerprint density at radius 1 is 1.44 bits per heavy atom. The van der Waals surface area contributed by atoms with Crippen LogP contribution in [0.25, 0.3) is 0 Å². The predicted octanol–water partition coefficient (Wildman–Crippen LogP) is -0.319. The molecule has 0 aliphatic heterocycles. The van der Waals surface area contributed by atoms with E-state index in [0.29, 0.717) is 18.4 Å². The molecule has 9 heavy (non-hydrogen) atoms. The van der Waals surface area contributed by atoms with Gasteiger partial charge >= 0.3 is 0 Å². The molecular weight excluding hydrogens is 114 g/mol. The van der Waals surface area contributed by atoms with Gasteiger partial charge in [-0.25, -0.2) is 0 Å². The second-order valence-corrected chi connectivity index (χ2v) is 2.65. The minimum Gasteiger partial charge on any atom is -0.330 e. The summed E-state index contributed by atoms with van der Waals surface area (Å²) in [5.74, 6) is 6.26. The second-order valence-electron chi connectivity index (χ2n) is 2.65. The fourth-order valence-corrected chi connectivity index (χ4v) is 0.743. The van der Waals surface area contributed by atoms with E-state index in [0.717, 1.165) is 6.54 Å². The topological polar surface area (TPSA) is 64.1 Å². The van der Waals surface area contributed by atoms with Gasteiger partial charge in [-0.05, 0) is 18.4 Å². The maximum atomic E-state index is 5.46. The van der Waals surface area contributed by atoms with Crippen molar-refractivity contribution in [1.29, 1.82) is 0 Å². The third-order valence-electron chi connectivity index (χ3n) is 1.63. The van der Waals surface area contributed by atoms with Crippen molar-refractivity contribution in [3.05, 3.63) is 0 Å². The van der Waals surface area contributed by atoms with Crippen LogP contribution in [0, 0.1) is 11.8 Å². The van der Waals surface area contributed by atoms with E-state index in [4.69, 9.17) is 11.6 Å². The molecule has 0 saturated carbocycles. The molecule has 0 aromatic rings. The van der Waals surface area contributed by atoms with E-state index in [1.54, 1.807) is 0 Å². The molecule has 1 atom stereocenters. The van der Waals surface area contributed by atoms with Gasteiger partial charge in [0, 0.05) is 6.54 Å². The number of hydrogen-bond acceptors (Lipinski definition) is 3. The van der Waals surface area contributed by atoms with Crippen LogP contribution in [0.3, 0.4) is 0 Å². The van der Waals surface area contributed by atoms with Crippen LogP contribution in [0.1, 0.15) is 13.8 Å². The molecule has 3 heteroatoms. The molecule has 0 saturated heterocycles. The van der Waals surface area contributed by atoms with Crippen molar-refractivity contribution in [3.63, 3.8) is 0 Å². The highest BCUT2D eigenvalue weighted by atomic mass is 15.2. The van der Waals surface area contributed by atoms with E-state index in [-0.39, 0.29) is 0 Å². The lowest BCUT2D eigenvalue weighted by Crippen LogP contribution is -2.35. The Morgan fingerprint density at radius 3 is 2.11 bits per heavy atom. The van der Waals surface area contributed by atoms with Gasteiger partial charge in [0.05, 0.1) is 0 Å². The molecule has 0 fully saturated rings. The first-order valence-electron chi connectivity index (χ1n) is 3.36. The van der Waals surface area contributed by atoms with Crippen LogP contribution < -0.4 is 17.0 Å². The molecule has 0 rings (SSSR count). The van der Waals surface area contributed by atoms with E-state index in [2.05, 4.69) is 19.3 Å². The van der Waals surface area contributed by atoms with Crippen LogP contribution in [0.2, 0.25) is 0 Å². The molecule has 0 amide bonds. The van der Waals surface area contributed by atoms with Crippen molar-refractivity contribution in [3.8, 4) is 0 Å². The molecule has 0 bridgehead atoms. The molecule has 0 aliphatic rings. The standard InChI is InChI=1S/C6H17N3/c1-5(2)6(3-7)4-9-8/h5-6,9H,3-4,7-8H2,1-2H3. The van der Waals surface area contributed by atoms with Gasteiger partial charge in [0.15, 0.2) is 0 Å². The number of rotatable bonds is 4. The highest BCUT2D eigenvalue weighted by Gasteiger charge is 2.08. The maximum absolute atomic E-state index is 5.46. The lowest BCUT2D eigenvalue weighted by atomic mass is 9.96. The van der Waals surface area contributed by atoms with Crippen LogP contribution in [0.15, 0.2) is 0 Å². The van der Waals surface area contributed by atoms with Crippen LogP contribution in [0.5, 0.6) is 0 Å². The Morgan fingerprint density at radius 2 is 2.00 bits per heavy atom. The largest absolute Gasteiger partial charge is 0.330 e.